The maximum Gasteiger partial charge on any atom is 0.251 e. The average molecular weight is 423 g/mol. The van der Waals surface area contributed by atoms with E-state index in [1.54, 1.807) is 39.2 Å². The molecule has 9 heteroatoms. The lowest BCUT2D eigenvalue weighted by molar-refractivity contribution is 0.0950. The SMILES string of the molecule is COc1ccc(CNC(=O)c2ccc(OC)c(S(=O)(=O)NC(C)C)c2)cc1OC. The van der Waals surface area contributed by atoms with E-state index < -0.39 is 15.9 Å². The van der Waals surface area contributed by atoms with Gasteiger partial charge in [0.15, 0.2) is 11.5 Å². The number of ether oxygens (including phenoxy) is 3. The van der Waals surface area contributed by atoms with E-state index in [0.29, 0.717) is 11.5 Å². The van der Waals surface area contributed by atoms with Gasteiger partial charge in [-0.15, -0.1) is 0 Å². The fourth-order valence-corrected chi connectivity index (χ4v) is 4.12. The second kappa shape index (κ2) is 9.62. The standard InChI is InChI=1S/C20H26N2O6S/c1-13(2)22-29(24,25)19-11-15(7-9-17(19)27-4)20(23)21-12-14-6-8-16(26-3)18(10-14)28-5/h6-11,13,22H,12H2,1-5H3,(H,21,23). The molecule has 0 aliphatic carbocycles. The Balaban J connectivity index is 2.22. The molecule has 0 saturated heterocycles. The van der Waals surface area contributed by atoms with Gasteiger partial charge in [-0.1, -0.05) is 6.07 Å². The summed E-state index contributed by atoms with van der Waals surface area (Å²) in [6.07, 6.45) is 0. The molecule has 0 bridgehead atoms. The molecule has 0 aliphatic rings. The number of benzene rings is 2. The van der Waals surface area contributed by atoms with Crippen LogP contribution in [-0.4, -0.2) is 41.7 Å². The van der Waals surface area contributed by atoms with Crippen molar-refractivity contribution in [1.29, 1.82) is 0 Å². The van der Waals surface area contributed by atoms with Crippen LogP contribution in [0, 0.1) is 0 Å². The van der Waals surface area contributed by atoms with E-state index in [1.807, 2.05) is 0 Å². The third-order valence-corrected chi connectivity index (χ3v) is 5.69. The quantitative estimate of drug-likeness (QED) is 0.643. The zero-order chi connectivity index (χ0) is 21.6. The van der Waals surface area contributed by atoms with Gasteiger partial charge in [0.05, 0.1) is 21.3 Å². The van der Waals surface area contributed by atoms with Gasteiger partial charge in [0.25, 0.3) is 5.91 Å². The van der Waals surface area contributed by atoms with Crippen LogP contribution in [0.3, 0.4) is 0 Å². The summed E-state index contributed by atoms with van der Waals surface area (Å²) in [5.41, 5.74) is 1.01. The van der Waals surface area contributed by atoms with Gasteiger partial charge in [-0.25, -0.2) is 13.1 Å². The number of nitrogens with one attached hydrogen (secondary N) is 2. The normalized spacial score (nSPS) is 11.2. The monoisotopic (exact) mass is 422 g/mol. The fraction of sp³-hybridized carbons (Fsp3) is 0.350. The summed E-state index contributed by atoms with van der Waals surface area (Å²) >= 11 is 0. The molecule has 2 aromatic carbocycles. The molecule has 0 atom stereocenters. The van der Waals surface area contributed by atoms with Crippen molar-refractivity contribution in [2.24, 2.45) is 0 Å². The molecular formula is C20H26N2O6S. The van der Waals surface area contributed by atoms with Gasteiger partial charge in [-0.05, 0) is 49.7 Å². The first kappa shape index (κ1) is 22.5. The van der Waals surface area contributed by atoms with E-state index in [0.717, 1.165) is 5.56 Å². The average Bonchev–Trinajstić information content (AvgIpc) is 2.70. The number of rotatable bonds is 9. The number of sulfonamides is 1. The van der Waals surface area contributed by atoms with E-state index >= 15 is 0 Å². The minimum Gasteiger partial charge on any atom is -0.495 e. The molecule has 0 radical (unpaired) electrons. The number of hydrogen-bond acceptors (Lipinski definition) is 6. The van der Waals surface area contributed by atoms with Crippen molar-refractivity contribution in [2.75, 3.05) is 21.3 Å². The lowest BCUT2D eigenvalue weighted by atomic mass is 10.1. The Morgan fingerprint density at radius 3 is 2.14 bits per heavy atom. The van der Waals surface area contributed by atoms with Crippen LogP contribution >= 0.6 is 0 Å². The van der Waals surface area contributed by atoms with Crippen molar-refractivity contribution < 1.29 is 27.4 Å². The molecule has 1 amide bonds. The number of hydrogen-bond donors (Lipinski definition) is 2. The van der Waals surface area contributed by atoms with Crippen LogP contribution < -0.4 is 24.2 Å². The van der Waals surface area contributed by atoms with Crippen LogP contribution in [0.2, 0.25) is 0 Å². The molecule has 2 N–H and O–H groups in total. The molecule has 0 spiro atoms. The Hall–Kier alpha value is -2.78. The highest BCUT2D eigenvalue weighted by molar-refractivity contribution is 7.89. The number of carbonyl (C=O) groups excluding carboxylic acids is 1. The summed E-state index contributed by atoms with van der Waals surface area (Å²) < 4.78 is 43.2. The second-order valence-corrected chi connectivity index (χ2v) is 8.20. The highest BCUT2D eigenvalue weighted by atomic mass is 32.2. The zero-order valence-corrected chi connectivity index (χ0v) is 17.9. The molecule has 2 aromatic rings. The molecule has 0 aromatic heterocycles. The lowest BCUT2D eigenvalue weighted by Gasteiger charge is -2.14. The van der Waals surface area contributed by atoms with Crippen molar-refractivity contribution in [1.82, 2.24) is 10.0 Å². The van der Waals surface area contributed by atoms with Crippen molar-refractivity contribution in [3.05, 3.63) is 47.5 Å². The van der Waals surface area contributed by atoms with Crippen LogP contribution in [-0.2, 0) is 16.6 Å². The Bertz CT molecular complexity index is 973. The largest absolute Gasteiger partial charge is 0.495 e. The predicted molar refractivity (Wildman–Crippen MR) is 109 cm³/mol. The summed E-state index contributed by atoms with van der Waals surface area (Å²) in [6, 6.07) is 9.28. The van der Waals surface area contributed by atoms with Crippen LogP contribution in [0.4, 0.5) is 0 Å². The third-order valence-electron chi connectivity index (χ3n) is 4.01. The van der Waals surface area contributed by atoms with E-state index in [2.05, 4.69) is 10.0 Å². The van der Waals surface area contributed by atoms with Crippen LogP contribution in [0.25, 0.3) is 0 Å². The maximum absolute atomic E-state index is 12.6. The first-order valence-corrected chi connectivity index (χ1v) is 10.4. The summed E-state index contributed by atoms with van der Waals surface area (Å²) in [5.74, 6) is 0.889. The molecule has 0 aliphatic heterocycles. The number of methoxy groups -OCH3 is 3. The van der Waals surface area contributed by atoms with Gasteiger partial charge in [-0.3, -0.25) is 4.79 Å². The lowest BCUT2D eigenvalue weighted by Crippen LogP contribution is -2.31. The maximum atomic E-state index is 12.6. The Labute approximate surface area is 171 Å². The van der Waals surface area contributed by atoms with Crippen molar-refractivity contribution in [3.8, 4) is 17.2 Å². The van der Waals surface area contributed by atoms with Gasteiger partial charge in [0.1, 0.15) is 10.6 Å². The molecule has 0 fully saturated rings. The smallest absolute Gasteiger partial charge is 0.251 e. The second-order valence-electron chi connectivity index (χ2n) is 6.51. The summed E-state index contributed by atoms with van der Waals surface area (Å²) in [4.78, 5) is 12.5. The highest BCUT2D eigenvalue weighted by Crippen LogP contribution is 2.28. The van der Waals surface area contributed by atoms with Gasteiger partial charge >= 0.3 is 0 Å². The molecule has 0 saturated carbocycles. The minimum atomic E-state index is -3.83. The van der Waals surface area contributed by atoms with Gasteiger partial charge in [-0.2, -0.15) is 0 Å². The molecule has 158 valence electrons. The summed E-state index contributed by atoms with van der Waals surface area (Å²) in [5, 5.41) is 2.77. The summed E-state index contributed by atoms with van der Waals surface area (Å²) in [6.45, 7) is 3.66. The first-order valence-electron chi connectivity index (χ1n) is 8.91. The van der Waals surface area contributed by atoms with Crippen LogP contribution in [0.1, 0.15) is 29.8 Å². The minimum absolute atomic E-state index is 0.0903. The van der Waals surface area contributed by atoms with E-state index in [9.17, 15) is 13.2 Å². The predicted octanol–water partition coefficient (Wildman–Crippen LogP) is 2.33. The van der Waals surface area contributed by atoms with Crippen molar-refractivity contribution >= 4 is 15.9 Å². The van der Waals surface area contributed by atoms with E-state index in [4.69, 9.17) is 14.2 Å². The van der Waals surface area contributed by atoms with Crippen molar-refractivity contribution in [3.63, 3.8) is 0 Å². The fourth-order valence-electron chi connectivity index (χ4n) is 2.68. The van der Waals surface area contributed by atoms with E-state index in [-0.39, 0.29) is 28.8 Å². The first-order chi connectivity index (χ1) is 13.7. The molecule has 0 unspecified atom stereocenters. The molecule has 29 heavy (non-hydrogen) atoms. The number of amides is 1. The Kier molecular flexibility index (Phi) is 7.46. The van der Waals surface area contributed by atoms with Crippen molar-refractivity contribution in [2.45, 2.75) is 31.3 Å². The number of carbonyl (C=O) groups is 1. The van der Waals surface area contributed by atoms with E-state index in [1.165, 1.54) is 32.4 Å². The molecular weight excluding hydrogens is 396 g/mol. The Morgan fingerprint density at radius 1 is 0.931 bits per heavy atom. The third kappa shape index (κ3) is 5.61. The molecule has 8 nitrogen and oxygen atoms in total. The molecule has 0 heterocycles. The highest BCUT2D eigenvalue weighted by Gasteiger charge is 2.22. The Morgan fingerprint density at radius 2 is 1.55 bits per heavy atom. The van der Waals surface area contributed by atoms with Gasteiger partial charge < -0.3 is 19.5 Å². The van der Waals surface area contributed by atoms with Crippen LogP contribution in [0.15, 0.2) is 41.3 Å². The van der Waals surface area contributed by atoms with Gasteiger partial charge in [0, 0.05) is 18.2 Å². The summed E-state index contributed by atoms with van der Waals surface area (Å²) in [7, 11) is 0.625. The zero-order valence-electron chi connectivity index (χ0n) is 17.1. The van der Waals surface area contributed by atoms with Crippen LogP contribution in [0.5, 0.6) is 17.2 Å². The van der Waals surface area contributed by atoms with Gasteiger partial charge in [0.2, 0.25) is 10.0 Å². The topological polar surface area (TPSA) is 103 Å². The molecule has 2 rings (SSSR count).